The minimum Gasteiger partial charge on any atom is -0.508 e. The molecule has 0 heterocycles. The smallest absolute Gasteiger partial charge is 0.491 e. The summed E-state index contributed by atoms with van der Waals surface area (Å²) in [4.78, 5) is 0. The summed E-state index contributed by atoms with van der Waals surface area (Å²) in [7, 11) is 14.1. The molecule has 0 aliphatic heterocycles. The highest BCUT2D eigenvalue weighted by Gasteiger charge is 2.31. The van der Waals surface area contributed by atoms with E-state index < -0.39 is 74.6 Å². The lowest BCUT2D eigenvalue weighted by Crippen LogP contribution is -2.41. The molecule has 0 unspecified atom stereocenters. The van der Waals surface area contributed by atoms with Gasteiger partial charge in [-0.15, -0.1) is 0 Å². The molecule has 2 aromatic carbocycles. The van der Waals surface area contributed by atoms with E-state index in [9.17, 15) is 30.6 Å². The molecule has 116 valence electrons. The zero-order valence-electron chi connectivity index (χ0n) is 11.9. The lowest BCUT2D eigenvalue weighted by Gasteiger charge is -2.21. The van der Waals surface area contributed by atoms with Gasteiger partial charge in [-0.2, -0.15) is 0 Å². The highest BCUT2D eigenvalue weighted by atomic mass is 16.4. The van der Waals surface area contributed by atoms with Crippen molar-refractivity contribution in [3.8, 4) is 45.6 Å². The lowest BCUT2D eigenvalue weighted by molar-refractivity contribution is 0.392. The minimum absolute atomic E-state index is 0.640. The zero-order valence-corrected chi connectivity index (χ0v) is 11.9. The Morgan fingerprint density at radius 3 is 1.46 bits per heavy atom. The van der Waals surface area contributed by atoms with Crippen LogP contribution in [0.3, 0.4) is 0 Å². The molecule has 8 nitrogen and oxygen atoms in total. The summed E-state index contributed by atoms with van der Waals surface area (Å²) in [5.74, 6) is -6.04. The summed E-state index contributed by atoms with van der Waals surface area (Å²) in [6, 6.07) is 0. The average Bonchev–Trinajstić information content (AvgIpc) is 2.52. The predicted octanol–water partition coefficient (Wildman–Crippen LogP) is -4.35. The Balaban J connectivity index is 3.01. The maximum absolute atomic E-state index is 10.1. The van der Waals surface area contributed by atoms with Crippen LogP contribution in [0.1, 0.15) is 0 Å². The second kappa shape index (κ2) is 5.81. The standard InChI is InChI=1S/C12H8B4O8/c13-3-1(7(17)5(15)11(21)10(3)20)2-8(18)4(14)6(16(23)24)12(22)9(2)19/h17-24H. The van der Waals surface area contributed by atoms with Gasteiger partial charge in [0.15, 0.2) is 17.2 Å². The van der Waals surface area contributed by atoms with E-state index in [4.69, 9.17) is 33.6 Å². The van der Waals surface area contributed by atoms with Gasteiger partial charge < -0.3 is 40.7 Å². The van der Waals surface area contributed by atoms with E-state index in [-0.39, 0.29) is 0 Å². The van der Waals surface area contributed by atoms with Crippen LogP contribution in [-0.4, -0.2) is 71.3 Å². The zero-order chi connectivity index (χ0) is 18.5. The van der Waals surface area contributed by atoms with Crippen molar-refractivity contribution in [2.45, 2.75) is 0 Å². The van der Waals surface area contributed by atoms with Gasteiger partial charge in [0, 0.05) is 11.0 Å². The first kappa shape index (κ1) is 17.8. The van der Waals surface area contributed by atoms with Gasteiger partial charge in [0.25, 0.3) is 0 Å². The Morgan fingerprint density at radius 2 is 0.958 bits per heavy atom. The van der Waals surface area contributed by atoms with Crippen molar-refractivity contribution >= 4 is 52.5 Å². The fourth-order valence-corrected chi connectivity index (χ4v) is 2.25. The second-order valence-corrected chi connectivity index (χ2v) is 4.87. The molecule has 2 rings (SSSR count). The van der Waals surface area contributed by atoms with Crippen molar-refractivity contribution in [2.24, 2.45) is 0 Å². The summed E-state index contributed by atoms with van der Waals surface area (Å²) in [5, 5.41) is 77.6. The van der Waals surface area contributed by atoms with E-state index in [2.05, 4.69) is 0 Å². The van der Waals surface area contributed by atoms with Crippen molar-refractivity contribution in [3.63, 3.8) is 0 Å². The molecule has 24 heavy (non-hydrogen) atoms. The average molecular weight is 323 g/mol. The molecule has 0 amide bonds. The van der Waals surface area contributed by atoms with Crippen LogP contribution in [0.5, 0.6) is 34.5 Å². The summed E-state index contributed by atoms with van der Waals surface area (Å²) in [5.41, 5.74) is -4.33. The highest BCUT2D eigenvalue weighted by Crippen LogP contribution is 2.44. The summed E-state index contributed by atoms with van der Waals surface area (Å²) < 4.78 is 0. The van der Waals surface area contributed by atoms with Gasteiger partial charge >= 0.3 is 7.12 Å². The summed E-state index contributed by atoms with van der Waals surface area (Å²) >= 11 is 0. The molecule has 8 N–H and O–H groups in total. The normalized spacial score (nSPS) is 10.8. The van der Waals surface area contributed by atoms with Crippen LogP contribution in [-0.2, 0) is 0 Å². The Kier molecular flexibility index (Phi) is 4.30. The van der Waals surface area contributed by atoms with Crippen LogP contribution in [0.4, 0.5) is 0 Å². The number of phenolic OH excluding ortho intramolecular Hbond substituents is 6. The molecule has 0 bridgehead atoms. The molecule has 0 aliphatic carbocycles. The molecular weight excluding hydrogens is 315 g/mol. The molecule has 0 aliphatic rings. The topological polar surface area (TPSA) is 162 Å². The van der Waals surface area contributed by atoms with E-state index in [0.717, 1.165) is 0 Å². The SMILES string of the molecule is [B]c1c(O)c(O)c([B])c(-c2c(O)c([B])c(B(O)O)c(O)c2O)c1O. The highest BCUT2D eigenvalue weighted by molar-refractivity contribution is 6.66. The van der Waals surface area contributed by atoms with Crippen LogP contribution in [0.25, 0.3) is 11.1 Å². The quantitative estimate of drug-likeness (QED) is 0.156. The van der Waals surface area contributed by atoms with Crippen LogP contribution in [0, 0.1) is 0 Å². The van der Waals surface area contributed by atoms with Gasteiger partial charge in [-0.3, -0.25) is 0 Å². The predicted molar refractivity (Wildman–Crippen MR) is 87.9 cm³/mol. The summed E-state index contributed by atoms with van der Waals surface area (Å²) in [6.45, 7) is 0. The first-order valence-electron chi connectivity index (χ1n) is 6.26. The number of hydrogen-bond acceptors (Lipinski definition) is 8. The van der Waals surface area contributed by atoms with E-state index in [1.807, 2.05) is 0 Å². The molecule has 0 saturated carbocycles. The third kappa shape index (κ3) is 2.31. The lowest BCUT2D eigenvalue weighted by atomic mass is 9.68. The Hall–Kier alpha value is -2.58. The molecule has 6 radical (unpaired) electrons. The van der Waals surface area contributed by atoms with Crippen LogP contribution in [0.15, 0.2) is 0 Å². The Morgan fingerprint density at radius 1 is 0.500 bits per heavy atom. The fourth-order valence-electron chi connectivity index (χ4n) is 2.25. The Labute approximate surface area is 139 Å². The first-order valence-corrected chi connectivity index (χ1v) is 6.26. The number of rotatable bonds is 2. The Bertz CT molecular complexity index is 794. The van der Waals surface area contributed by atoms with Crippen LogP contribution >= 0.6 is 0 Å². The molecule has 2 aromatic rings. The molecule has 12 heteroatoms. The number of phenols is 6. The van der Waals surface area contributed by atoms with E-state index in [1.54, 1.807) is 0 Å². The summed E-state index contributed by atoms with van der Waals surface area (Å²) in [6.07, 6.45) is 0. The minimum atomic E-state index is -2.33. The second-order valence-electron chi connectivity index (χ2n) is 4.87. The number of aromatic hydroxyl groups is 6. The van der Waals surface area contributed by atoms with Crippen molar-refractivity contribution in [1.82, 2.24) is 0 Å². The molecular formula is C12H8B4O8. The van der Waals surface area contributed by atoms with Gasteiger partial charge in [0.2, 0.25) is 0 Å². The van der Waals surface area contributed by atoms with Gasteiger partial charge in [-0.05, 0) is 10.9 Å². The van der Waals surface area contributed by atoms with Crippen molar-refractivity contribution in [1.29, 1.82) is 0 Å². The number of benzene rings is 2. The maximum atomic E-state index is 10.1. The van der Waals surface area contributed by atoms with Gasteiger partial charge in [-0.25, -0.2) is 0 Å². The molecule has 0 fully saturated rings. The maximum Gasteiger partial charge on any atom is 0.491 e. The monoisotopic (exact) mass is 324 g/mol. The van der Waals surface area contributed by atoms with E-state index in [0.29, 0.717) is 0 Å². The van der Waals surface area contributed by atoms with Crippen molar-refractivity contribution in [2.75, 3.05) is 0 Å². The van der Waals surface area contributed by atoms with Crippen molar-refractivity contribution in [3.05, 3.63) is 0 Å². The molecule has 0 aromatic heterocycles. The van der Waals surface area contributed by atoms with Gasteiger partial charge in [0.1, 0.15) is 40.8 Å². The molecule has 0 spiro atoms. The van der Waals surface area contributed by atoms with E-state index >= 15 is 0 Å². The first-order chi connectivity index (χ1) is 11.0. The molecule has 0 saturated heterocycles. The van der Waals surface area contributed by atoms with Crippen LogP contribution in [0.2, 0.25) is 0 Å². The van der Waals surface area contributed by atoms with Gasteiger partial charge in [-0.1, -0.05) is 5.46 Å². The van der Waals surface area contributed by atoms with Crippen LogP contribution < -0.4 is 21.9 Å². The van der Waals surface area contributed by atoms with Gasteiger partial charge in [0.05, 0.1) is 5.56 Å². The largest absolute Gasteiger partial charge is 0.508 e. The molecule has 0 atom stereocenters. The third-order valence-electron chi connectivity index (χ3n) is 3.50. The van der Waals surface area contributed by atoms with Crippen molar-refractivity contribution < 1.29 is 40.7 Å². The number of hydrogen-bond donors (Lipinski definition) is 8. The fraction of sp³-hybridized carbons (Fsp3) is 0. The third-order valence-corrected chi connectivity index (χ3v) is 3.50. The van der Waals surface area contributed by atoms with E-state index in [1.165, 1.54) is 0 Å².